The summed E-state index contributed by atoms with van der Waals surface area (Å²) in [7, 11) is 1.66. The van der Waals surface area contributed by atoms with Crippen molar-refractivity contribution in [2.75, 3.05) is 20.3 Å². The van der Waals surface area contributed by atoms with Crippen molar-refractivity contribution in [2.24, 2.45) is 5.16 Å². The molecule has 0 amide bonds. The Morgan fingerprint density at radius 1 is 1.21 bits per heavy atom. The second-order valence-corrected chi connectivity index (χ2v) is 8.50. The Morgan fingerprint density at radius 2 is 2.12 bits per heavy atom. The molecule has 7 nitrogen and oxygen atoms in total. The first kappa shape index (κ1) is 19.8. The Morgan fingerprint density at radius 3 is 2.94 bits per heavy atom. The molecule has 0 saturated carbocycles. The highest BCUT2D eigenvalue weighted by Crippen LogP contribution is 2.47. The highest BCUT2D eigenvalue weighted by Gasteiger charge is 2.55. The quantitative estimate of drug-likeness (QED) is 0.597. The van der Waals surface area contributed by atoms with Crippen molar-refractivity contribution < 1.29 is 18.7 Å². The van der Waals surface area contributed by atoms with E-state index >= 15 is 0 Å². The summed E-state index contributed by atoms with van der Waals surface area (Å²) in [5, 5.41) is 4.44. The summed E-state index contributed by atoms with van der Waals surface area (Å²) in [6.07, 6.45) is 7.66. The first-order valence-electron chi connectivity index (χ1n) is 10.9. The maximum absolute atomic E-state index is 14.0. The number of nitrogens with zero attached hydrogens (tertiary/aromatic N) is 4. The van der Waals surface area contributed by atoms with Crippen molar-refractivity contribution in [1.82, 2.24) is 14.5 Å². The van der Waals surface area contributed by atoms with Crippen molar-refractivity contribution in [3.05, 3.63) is 77.1 Å². The Bertz CT molecular complexity index is 1310. The third kappa shape index (κ3) is 3.08. The zero-order chi connectivity index (χ0) is 22.6. The van der Waals surface area contributed by atoms with Crippen LogP contribution in [0.1, 0.15) is 29.7 Å². The van der Waals surface area contributed by atoms with Crippen LogP contribution in [0.3, 0.4) is 0 Å². The minimum Gasteiger partial charge on any atom is -0.495 e. The van der Waals surface area contributed by atoms with Gasteiger partial charge in [0, 0.05) is 12.7 Å². The molecule has 3 aliphatic rings. The smallest absolute Gasteiger partial charge is 0.275 e. The SMILES string of the molecule is COc1cc(C=C2CCCN3C2=NOC32COc3ccc(F)cc32)ccc1-n1cnc(C)c1. The van der Waals surface area contributed by atoms with Crippen molar-refractivity contribution in [3.8, 4) is 17.2 Å². The summed E-state index contributed by atoms with van der Waals surface area (Å²) >= 11 is 0. The number of aromatic nitrogens is 2. The summed E-state index contributed by atoms with van der Waals surface area (Å²) in [5.74, 6) is 1.85. The molecular formula is C25H23FN4O3. The second-order valence-electron chi connectivity index (χ2n) is 8.50. The predicted octanol–water partition coefficient (Wildman–Crippen LogP) is 4.40. The second kappa shape index (κ2) is 7.37. The van der Waals surface area contributed by atoms with Gasteiger partial charge in [-0.1, -0.05) is 11.2 Å². The van der Waals surface area contributed by atoms with E-state index in [-0.39, 0.29) is 12.4 Å². The summed E-state index contributed by atoms with van der Waals surface area (Å²) in [6.45, 7) is 2.99. The number of methoxy groups -OCH3 is 1. The number of amidine groups is 1. The molecule has 8 heteroatoms. The lowest BCUT2D eigenvalue weighted by atomic mass is 9.95. The lowest BCUT2D eigenvalue weighted by molar-refractivity contribution is -0.114. The van der Waals surface area contributed by atoms with E-state index in [1.54, 1.807) is 19.5 Å². The average Bonchev–Trinajstić information content (AvgIpc) is 3.53. The number of hydrogen-bond acceptors (Lipinski definition) is 6. The highest BCUT2D eigenvalue weighted by atomic mass is 19.1. The summed E-state index contributed by atoms with van der Waals surface area (Å²) in [4.78, 5) is 12.4. The molecule has 3 aromatic rings. The fraction of sp³-hybridized carbons (Fsp3) is 0.280. The van der Waals surface area contributed by atoms with Gasteiger partial charge in [-0.2, -0.15) is 0 Å². The molecule has 0 N–H and O–H groups in total. The normalized spacial score (nSPS) is 22.1. The van der Waals surface area contributed by atoms with Crippen molar-refractivity contribution in [1.29, 1.82) is 0 Å². The Balaban J connectivity index is 1.34. The van der Waals surface area contributed by atoms with Crippen LogP contribution in [0.2, 0.25) is 0 Å². The number of hydrogen-bond donors (Lipinski definition) is 0. The van der Waals surface area contributed by atoms with Gasteiger partial charge in [0.05, 0.1) is 30.4 Å². The number of fused-ring (bicyclic) bond motifs is 4. The molecule has 2 aromatic carbocycles. The van der Waals surface area contributed by atoms with Crippen LogP contribution in [-0.4, -0.2) is 40.5 Å². The fourth-order valence-electron chi connectivity index (χ4n) is 4.82. The van der Waals surface area contributed by atoms with Gasteiger partial charge in [0.25, 0.3) is 5.72 Å². The van der Waals surface area contributed by atoms with Gasteiger partial charge in [-0.25, -0.2) is 9.37 Å². The van der Waals surface area contributed by atoms with E-state index in [1.165, 1.54) is 12.1 Å². The largest absolute Gasteiger partial charge is 0.495 e. The van der Waals surface area contributed by atoms with Crippen LogP contribution in [-0.2, 0) is 10.6 Å². The first-order chi connectivity index (χ1) is 16.1. The third-order valence-corrected chi connectivity index (χ3v) is 6.41. The van der Waals surface area contributed by atoms with E-state index in [4.69, 9.17) is 14.3 Å². The predicted molar refractivity (Wildman–Crippen MR) is 121 cm³/mol. The van der Waals surface area contributed by atoms with Crippen LogP contribution in [0.4, 0.5) is 4.39 Å². The molecule has 0 aliphatic carbocycles. The van der Waals surface area contributed by atoms with E-state index in [2.05, 4.69) is 27.2 Å². The van der Waals surface area contributed by atoms with E-state index in [0.717, 1.165) is 53.5 Å². The van der Waals surface area contributed by atoms with Gasteiger partial charge in [0.2, 0.25) is 0 Å². The van der Waals surface area contributed by atoms with Gasteiger partial charge in [-0.05, 0) is 67.3 Å². The Labute approximate surface area is 190 Å². The monoisotopic (exact) mass is 446 g/mol. The number of halogens is 1. The van der Waals surface area contributed by atoms with E-state index in [1.807, 2.05) is 29.8 Å². The molecule has 1 unspecified atom stereocenters. The van der Waals surface area contributed by atoms with Gasteiger partial charge >= 0.3 is 0 Å². The number of ether oxygens (including phenoxy) is 2. The zero-order valence-corrected chi connectivity index (χ0v) is 18.4. The molecular weight excluding hydrogens is 423 g/mol. The standard InChI is InChI=1S/C25H23FN4O3/c1-16-13-29(15-27-16)21-7-5-17(11-23(21)31-2)10-18-4-3-9-30-24(18)28-33-25(30)14-32-22-8-6-19(26)12-20(22)25/h5-8,10-13,15H,3-4,9,14H2,1-2H3. The van der Waals surface area contributed by atoms with E-state index in [0.29, 0.717) is 11.3 Å². The molecule has 33 heavy (non-hydrogen) atoms. The maximum Gasteiger partial charge on any atom is 0.275 e. The number of piperidine rings is 1. The molecule has 0 radical (unpaired) electrons. The summed E-state index contributed by atoms with van der Waals surface area (Å²) in [5.41, 5.74) is 3.71. The molecule has 1 spiro atoms. The number of oxime groups is 1. The number of imidazole rings is 1. The molecule has 1 atom stereocenters. The Kier molecular flexibility index (Phi) is 4.43. The molecule has 3 aliphatic heterocycles. The average molecular weight is 446 g/mol. The highest BCUT2D eigenvalue weighted by molar-refractivity contribution is 6.03. The van der Waals surface area contributed by atoms with Crippen molar-refractivity contribution >= 4 is 11.9 Å². The zero-order valence-electron chi connectivity index (χ0n) is 18.4. The van der Waals surface area contributed by atoms with Crippen LogP contribution >= 0.6 is 0 Å². The molecule has 6 rings (SSSR count). The molecule has 0 bridgehead atoms. The topological polar surface area (TPSA) is 61.1 Å². The van der Waals surface area contributed by atoms with Crippen LogP contribution in [0.15, 0.2) is 59.7 Å². The van der Waals surface area contributed by atoms with Crippen LogP contribution < -0.4 is 9.47 Å². The van der Waals surface area contributed by atoms with Crippen molar-refractivity contribution in [3.63, 3.8) is 0 Å². The maximum atomic E-state index is 14.0. The van der Waals surface area contributed by atoms with Gasteiger partial charge < -0.3 is 23.8 Å². The summed E-state index contributed by atoms with van der Waals surface area (Å²) < 4.78 is 27.5. The molecule has 1 aromatic heterocycles. The molecule has 1 saturated heterocycles. The van der Waals surface area contributed by atoms with Gasteiger partial charge in [-0.15, -0.1) is 0 Å². The van der Waals surface area contributed by atoms with Gasteiger partial charge in [0.1, 0.15) is 17.3 Å². The molecule has 1 fully saturated rings. The number of aryl methyl sites for hydroxylation is 1. The van der Waals surface area contributed by atoms with Gasteiger partial charge in [-0.3, -0.25) is 0 Å². The molecule has 168 valence electrons. The molecule has 4 heterocycles. The summed E-state index contributed by atoms with van der Waals surface area (Å²) in [6, 6.07) is 10.6. The van der Waals surface area contributed by atoms with Crippen molar-refractivity contribution in [2.45, 2.75) is 25.5 Å². The third-order valence-electron chi connectivity index (χ3n) is 6.41. The van der Waals surface area contributed by atoms with E-state index in [9.17, 15) is 4.39 Å². The Hall–Kier alpha value is -3.81. The van der Waals surface area contributed by atoms with Crippen LogP contribution in [0.5, 0.6) is 11.5 Å². The van der Waals surface area contributed by atoms with E-state index < -0.39 is 5.72 Å². The minimum absolute atomic E-state index is 0.277. The van der Waals surface area contributed by atoms with Crippen LogP contribution in [0.25, 0.3) is 11.8 Å². The lowest BCUT2D eigenvalue weighted by Gasteiger charge is -2.36. The lowest BCUT2D eigenvalue weighted by Crippen LogP contribution is -2.50. The first-order valence-corrected chi connectivity index (χ1v) is 10.9. The van der Waals surface area contributed by atoms with Crippen LogP contribution in [0, 0.1) is 12.7 Å². The number of benzene rings is 2. The fourth-order valence-corrected chi connectivity index (χ4v) is 4.82. The minimum atomic E-state index is -0.910. The number of rotatable bonds is 3. The van der Waals surface area contributed by atoms with Gasteiger partial charge in [0.15, 0.2) is 12.4 Å².